The molecule has 0 saturated heterocycles. The summed E-state index contributed by atoms with van der Waals surface area (Å²) in [6.07, 6.45) is 0.983. The minimum absolute atomic E-state index is 0.377. The van der Waals surface area contributed by atoms with Crippen LogP contribution in [-0.2, 0) is 6.42 Å². The molecule has 2 aromatic carbocycles. The quantitative estimate of drug-likeness (QED) is 0.805. The van der Waals surface area contributed by atoms with Gasteiger partial charge in [0, 0.05) is 12.2 Å². The van der Waals surface area contributed by atoms with Gasteiger partial charge in [-0.3, -0.25) is 4.79 Å². The van der Waals surface area contributed by atoms with Gasteiger partial charge in [0.05, 0.1) is 16.9 Å². The highest BCUT2D eigenvalue weighted by molar-refractivity contribution is 6.01. The third-order valence-electron chi connectivity index (χ3n) is 3.53. The third kappa shape index (κ3) is 1.81. The van der Waals surface area contributed by atoms with Gasteiger partial charge in [-0.15, -0.1) is 0 Å². The summed E-state index contributed by atoms with van der Waals surface area (Å²) in [5, 5.41) is 0. The van der Waals surface area contributed by atoms with Gasteiger partial charge >= 0.3 is 0 Å². The first kappa shape index (κ1) is 11.6. The number of nitrogen functional groups attached to an aromatic ring is 1. The molecule has 96 valence electrons. The molecule has 0 aliphatic carbocycles. The Kier molecular flexibility index (Phi) is 2.63. The fourth-order valence-electron chi connectivity index (χ4n) is 2.59. The Bertz CT molecular complexity index is 652. The number of amides is 1. The summed E-state index contributed by atoms with van der Waals surface area (Å²) in [4.78, 5) is 13.5. The standard InChI is InChI=1S/C15H15N3O/c16-14-11(15(17)19)5-3-7-13(14)18-9-8-10-4-1-2-6-12(10)18/h1-7H,8-9,16H2,(H2,17,19). The summed E-state index contributed by atoms with van der Waals surface area (Å²) < 4.78 is 0. The zero-order chi connectivity index (χ0) is 13.4. The molecule has 1 heterocycles. The van der Waals surface area contributed by atoms with E-state index in [0.29, 0.717) is 11.3 Å². The fraction of sp³-hybridized carbons (Fsp3) is 0.133. The Hall–Kier alpha value is -2.49. The summed E-state index contributed by atoms with van der Waals surface area (Å²) in [5.41, 5.74) is 15.5. The number of primary amides is 1. The Morgan fingerprint density at radius 2 is 1.79 bits per heavy atom. The topological polar surface area (TPSA) is 72.4 Å². The molecule has 0 spiro atoms. The smallest absolute Gasteiger partial charge is 0.250 e. The summed E-state index contributed by atoms with van der Waals surface area (Å²) in [5.74, 6) is -0.494. The number of para-hydroxylation sites is 2. The van der Waals surface area contributed by atoms with Crippen molar-refractivity contribution >= 4 is 23.0 Å². The van der Waals surface area contributed by atoms with E-state index in [0.717, 1.165) is 24.3 Å². The van der Waals surface area contributed by atoms with E-state index in [-0.39, 0.29) is 0 Å². The van der Waals surface area contributed by atoms with Gasteiger partial charge in [0.2, 0.25) is 0 Å². The summed E-state index contributed by atoms with van der Waals surface area (Å²) in [6.45, 7) is 0.867. The van der Waals surface area contributed by atoms with E-state index in [1.807, 2.05) is 24.3 Å². The number of carbonyl (C=O) groups is 1. The maximum Gasteiger partial charge on any atom is 0.250 e. The number of nitrogens with two attached hydrogens (primary N) is 2. The molecule has 1 aliphatic heterocycles. The number of anilines is 3. The highest BCUT2D eigenvalue weighted by atomic mass is 16.1. The van der Waals surface area contributed by atoms with Crippen molar-refractivity contribution in [2.75, 3.05) is 17.2 Å². The first-order chi connectivity index (χ1) is 9.18. The van der Waals surface area contributed by atoms with Gasteiger partial charge in [-0.05, 0) is 30.2 Å². The van der Waals surface area contributed by atoms with Crippen molar-refractivity contribution in [3.05, 3.63) is 53.6 Å². The largest absolute Gasteiger partial charge is 0.396 e. The highest BCUT2D eigenvalue weighted by Crippen LogP contribution is 2.38. The number of carbonyl (C=O) groups excluding carboxylic acids is 1. The number of hydrogen-bond acceptors (Lipinski definition) is 3. The van der Waals surface area contributed by atoms with Gasteiger partial charge in [0.25, 0.3) is 5.91 Å². The monoisotopic (exact) mass is 253 g/mol. The summed E-state index contributed by atoms with van der Waals surface area (Å²) >= 11 is 0. The van der Waals surface area contributed by atoms with Crippen LogP contribution in [0.25, 0.3) is 0 Å². The second kappa shape index (κ2) is 4.31. The van der Waals surface area contributed by atoms with Crippen molar-refractivity contribution < 1.29 is 4.79 Å². The number of benzene rings is 2. The molecule has 0 saturated carbocycles. The van der Waals surface area contributed by atoms with Crippen LogP contribution in [0.15, 0.2) is 42.5 Å². The lowest BCUT2D eigenvalue weighted by Crippen LogP contribution is -2.19. The zero-order valence-corrected chi connectivity index (χ0v) is 10.5. The van der Waals surface area contributed by atoms with E-state index in [1.54, 1.807) is 6.07 Å². The Morgan fingerprint density at radius 1 is 1.05 bits per heavy atom. The van der Waals surface area contributed by atoms with E-state index in [1.165, 1.54) is 5.56 Å². The molecule has 4 nitrogen and oxygen atoms in total. The molecule has 0 unspecified atom stereocenters. The normalized spacial score (nSPS) is 13.4. The molecule has 0 atom stereocenters. The molecule has 1 aliphatic rings. The molecule has 2 aromatic rings. The first-order valence-electron chi connectivity index (χ1n) is 6.22. The Balaban J connectivity index is 2.10. The van der Waals surface area contributed by atoms with Crippen LogP contribution in [0.5, 0.6) is 0 Å². The van der Waals surface area contributed by atoms with Crippen LogP contribution in [0.2, 0.25) is 0 Å². The molecular weight excluding hydrogens is 238 g/mol. The lowest BCUT2D eigenvalue weighted by molar-refractivity contribution is 0.100. The van der Waals surface area contributed by atoms with Crippen LogP contribution in [0, 0.1) is 0 Å². The molecule has 0 radical (unpaired) electrons. The molecule has 19 heavy (non-hydrogen) atoms. The van der Waals surface area contributed by atoms with Gasteiger partial charge in [0.1, 0.15) is 0 Å². The lowest BCUT2D eigenvalue weighted by atomic mass is 10.1. The molecular formula is C15H15N3O. The maximum absolute atomic E-state index is 11.4. The zero-order valence-electron chi connectivity index (χ0n) is 10.5. The minimum atomic E-state index is -0.494. The van der Waals surface area contributed by atoms with Crippen molar-refractivity contribution in [3.8, 4) is 0 Å². The van der Waals surface area contributed by atoms with Crippen LogP contribution < -0.4 is 16.4 Å². The second-order valence-electron chi connectivity index (χ2n) is 4.63. The van der Waals surface area contributed by atoms with Crippen LogP contribution in [0.4, 0.5) is 17.1 Å². The average Bonchev–Trinajstić information content (AvgIpc) is 2.82. The predicted molar refractivity (Wildman–Crippen MR) is 76.5 cm³/mol. The fourth-order valence-corrected chi connectivity index (χ4v) is 2.59. The lowest BCUT2D eigenvalue weighted by Gasteiger charge is -2.22. The number of rotatable bonds is 2. The van der Waals surface area contributed by atoms with Gasteiger partial charge in [-0.1, -0.05) is 24.3 Å². The molecule has 3 rings (SSSR count). The number of nitrogens with zero attached hydrogens (tertiary/aromatic N) is 1. The Morgan fingerprint density at radius 3 is 2.58 bits per heavy atom. The maximum atomic E-state index is 11.4. The Labute approximate surface area is 111 Å². The van der Waals surface area contributed by atoms with Gasteiger partial charge in [-0.25, -0.2) is 0 Å². The van der Waals surface area contributed by atoms with Crippen molar-refractivity contribution in [1.29, 1.82) is 0 Å². The van der Waals surface area contributed by atoms with Crippen molar-refractivity contribution in [2.45, 2.75) is 6.42 Å². The van der Waals surface area contributed by atoms with Crippen LogP contribution in [-0.4, -0.2) is 12.5 Å². The van der Waals surface area contributed by atoms with Crippen LogP contribution >= 0.6 is 0 Å². The molecule has 4 heteroatoms. The van der Waals surface area contributed by atoms with E-state index >= 15 is 0 Å². The summed E-state index contributed by atoms with van der Waals surface area (Å²) in [7, 11) is 0. The third-order valence-corrected chi connectivity index (χ3v) is 3.53. The van der Waals surface area contributed by atoms with Gasteiger partial charge < -0.3 is 16.4 Å². The molecule has 4 N–H and O–H groups in total. The van der Waals surface area contributed by atoms with E-state index in [4.69, 9.17) is 11.5 Å². The van der Waals surface area contributed by atoms with E-state index in [2.05, 4.69) is 17.0 Å². The van der Waals surface area contributed by atoms with Crippen molar-refractivity contribution in [3.63, 3.8) is 0 Å². The molecule has 0 aromatic heterocycles. The van der Waals surface area contributed by atoms with Gasteiger partial charge in [0.15, 0.2) is 0 Å². The highest BCUT2D eigenvalue weighted by Gasteiger charge is 2.22. The van der Waals surface area contributed by atoms with Crippen LogP contribution in [0.1, 0.15) is 15.9 Å². The second-order valence-corrected chi connectivity index (χ2v) is 4.63. The number of fused-ring (bicyclic) bond motifs is 1. The van der Waals surface area contributed by atoms with E-state index < -0.39 is 5.91 Å². The van der Waals surface area contributed by atoms with E-state index in [9.17, 15) is 4.79 Å². The average molecular weight is 253 g/mol. The number of hydrogen-bond donors (Lipinski definition) is 2. The van der Waals surface area contributed by atoms with Gasteiger partial charge in [-0.2, -0.15) is 0 Å². The molecule has 0 bridgehead atoms. The summed E-state index contributed by atoms with van der Waals surface area (Å²) in [6, 6.07) is 13.6. The van der Waals surface area contributed by atoms with Crippen LogP contribution in [0.3, 0.4) is 0 Å². The van der Waals surface area contributed by atoms with Crippen molar-refractivity contribution in [2.24, 2.45) is 5.73 Å². The molecule has 1 amide bonds. The molecule has 0 fully saturated rings. The van der Waals surface area contributed by atoms with Crippen molar-refractivity contribution in [1.82, 2.24) is 0 Å². The minimum Gasteiger partial charge on any atom is -0.396 e. The first-order valence-corrected chi connectivity index (χ1v) is 6.22. The predicted octanol–water partition coefficient (Wildman–Crippen LogP) is 2.06. The SMILES string of the molecule is NC(=O)c1cccc(N2CCc3ccccc32)c1N.